The maximum absolute atomic E-state index is 10.9. The number of hydrogen-bond donors (Lipinski definition) is 2. The Kier molecular flexibility index (Phi) is 6.45. The third kappa shape index (κ3) is 4.61. The van der Waals surface area contributed by atoms with Crippen LogP contribution >= 0.6 is 0 Å². The Bertz CT molecular complexity index is 405. The van der Waals surface area contributed by atoms with E-state index < -0.39 is 5.97 Å². The number of hydrogen-bond acceptors (Lipinski definition) is 4. The summed E-state index contributed by atoms with van der Waals surface area (Å²) in [4.78, 5) is 17.2. The van der Waals surface area contributed by atoms with Crippen LogP contribution in [0.15, 0.2) is 18.2 Å². The first-order chi connectivity index (χ1) is 9.12. The lowest BCUT2D eigenvalue weighted by atomic mass is 10.1. The lowest BCUT2D eigenvalue weighted by molar-refractivity contribution is 0.0689. The van der Waals surface area contributed by atoms with Gasteiger partial charge in [0.05, 0.1) is 12.3 Å². The monoisotopic (exact) mass is 266 g/mol. The summed E-state index contributed by atoms with van der Waals surface area (Å²) in [7, 11) is 0. The van der Waals surface area contributed by atoms with Crippen molar-refractivity contribution in [2.75, 3.05) is 13.2 Å². The highest BCUT2D eigenvalue weighted by Crippen LogP contribution is 2.12. The van der Waals surface area contributed by atoms with Crippen LogP contribution in [0.25, 0.3) is 0 Å². The lowest BCUT2D eigenvalue weighted by Crippen LogP contribution is -2.36. The van der Waals surface area contributed by atoms with Gasteiger partial charge in [0.1, 0.15) is 5.69 Å². The van der Waals surface area contributed by atoms with E-state index in [9.17, 15) is 4.79 Å². The highest BCUT2D eigenvalue weighted by molar-refractivity contribution is 5.85. The summed E-state index contributed by atoms with van der Waals surface area (Å²) in [5.74, 6) is -1.02. The predicted molar refractivity (Wildman–Crippen MR) is 73.1 cm³/mol. The summed E-state index contributed by atoms with van der Waals surface area (Å²) in [5, 5.41) is 18.1. The van der Waals surface area contributed by atoms with E-state index in [0.29, 0.717) is 19.1 Å². The number of aromatic nitrogens is 1. The molecule has 0 saturated carbocycles. The van der Waals surface area contributed by atoms with Crippen molar-refractivity contribution in [3.05, 3.63) is 29.6 Å². The van der Waals surface area contributed by atoms with E-state index in [1.807, 2.05) is 6.07 Å². The Morgan fingerprint density at radius 1 is 1.37 bits per heavy atom. The molecule has 0 spiro atoms. The minimum atomic E-state index is -1.02. The number of aliphatic hydroxyl groups is 1. The highest BCUT2D eigenvalue weighted by Gasteiger charge is 2.16. The van der Waals surface area contributed by atoms with Gasteiger partial charge >= 0.3 is 5.97 Å². The van der Waals surface area contributed by atoms with Gasteiger partial charge in [0.25, 0.3) is 0 Å². The van der Waals surface area contributed by atoms with Crippen molar-refractivity contribution in [2.45, 2.75) is 39.3 Å². The molecule has 0 aromatic carbocycles. The molecular formula is C14H22N2O3. The summed E-state index contributed by atoms with van der Waals surface area (Å²) >= 11 is 0. The smallest absolute Gasteiger partial charge is 0.354 e. The first-order valence-corrected chi connectivity index (χ1v) is 6.66. The lowest BCUT2D eigenvalue weighted by Gasteiger charge is -2.29. The zero-order valence-electron chi connectivity index (χ0n) is 11.5. The molecule has 0 fully saturated rings. The largest absolute Gasteiger partial charge is 0.477 e. The van der Waals surface area contributed by atoms with Crippen molar-refractivity contribution in [3.63, 3.8) is 0 Å². The third-order valence-corrected chi connectivity index (χ3v) is 3.24. The molecule has 0 unspecified atom stereocenters. The zero-order valence-corrected chi connectivity index (χ0v) is 11.5. The normalized spacial score (nSPS) is 11.2. The van der Waals surface area contributed by atoms with Crippen LogP contribution in [0.2, 0.25) is 0 Å². The zero-order chi connectivity index (χ0) is 14.3. The highest BCUT2D eigenvalue weighted by atomic mass is 16.4. The molecule has 0 saturated heterocycles. The number of nitrogens with zero attached hydrogens (tertiary/aromatic N) is 2. The van der Waals surface area contributed by atoms with Crippen LogP contribution in [0, 0.1) is 0 Å². The maximum atomic E-state index is 10.9. The van der Waals surface area contributed by atoms with Gasteiger partial charge < -0.3 is 10.2 Å². The minimum Gasteiger partial charge on any atom is -0.477 e. The summed E-state index contributed by atoms with van der Waals surface area (Å²) in [6, 6.07) is 5.39. The van der Waals surface area contributed by atoms with Gasteiger partial charge in [-0.15, -0.1) is 0 Å². The van der Waals surface area contributed by atoms with E-state index in [-0.39, 0.29) is 12.3 Å². The number of carbonyl (C=O) groups is 1. The first kappa shape index (κ1) is 15.6. The summed E-state index contributed by atoms with van der Waals surface area (Å²) in [6.07, 6.45) is 1.99. The Morgan fingerprint density at radius 2 is 2.05 bits per heavy atom. The average Bonchev–Trinajstić information content (AvgIpc) is 2.40. The molecule has 0 aliphatic heterocycles. The fourth-order valence-corrected chi connectivity index (χ4v) is 2.22. The second-order valence-electron chi connectivity index (χ2n) is 4.48. The van der Waals surface area contributed by atoms with Crippen LogP contribution in [-0.2, 0) is 6.54 Å². The topological polar surface area (TPSA) is 73.7 Å². The van der Waals surface area contributed by atoms with E-state index in [2.05, 4.69) is 23.7 Å². The molecule has 0 atom stereocenters. The molecule has 106 valence electrons. The summed E-state index contributed by atoms with van der Waals surface area (Å²) in [6.45, 7) is 5.45. The number of aliphatic hydroxyl groups excluding tert-OH is 1. The second-order valence-corrected chi connectivity index (χ2v) is 4.48. The van der Waals surface area contributed by atoms with Gasteiger partial charge in [0, 0.05) is 19.1 Å². The predicted octanol–water partition coefficient (Wildman–Crippen LogP) is 1.76. The standard InChI is InChI=1S/C14H22N2O3/c1-3-12(4-2)16(8-9-17)10-11-6-5-7-13(15-11)14(18)19/h5-7,12,17H,3-4,8-10H2,1-2H3,(H,18,19). The van der Waals surface area contributed by atoms with Crippen LogP contribution in [0.1, 0.15) is 42.9 Å². The van der Waals surface area contributed by atoms with Gasteiger partial charge in [-0.05, 0) is 25.0 Å². The molecule has 2 N–H and O–H groups in total. The van der Waals surface area contributed by atoms with Gasteiger partial charge in [0.2, 0.25) is 0 Å². The van der Waals surface area contributed by atoms with Crippen LogP contribution in [0.4, 0.5) is 0 Å². The Balaban J connectivity index is 2.83. The van der Waals surface area contributed by atoms with Crippen LogP contribution < -0.4 is 0 Å². The fourth-order valence-electron chi connectivity index (χ4n) is 2.22. The third-order valence-electron chi connectivity index (χ3n) is 3.24. The van der Waals surface area contributed by atoms with Gasteiger partial charge in [-0.2, -0.15) is 0 Å². The molecule has 1 heterocycles. The van der Waals surface area contributed by atoms with Gasteiger partial charge in [-0.25, -0.2) is 9.78 Å². The maximum Gasteiger partial charge on any atom is 0.354 e. The molecule has 5 nitrogen and oxygen atoms in total. The molecule has 19 heavy (non-hydrogen) atoms. The van der Waals surface area contributed by atoms with Crippen molar-refractivity contribution in [3.8, 4) is 0 Å². The van der Waals surface area contributed by atoms with Gasteiger partial charge in [0.15, 0.2) is 0 Å². The summed E-state index contributed by atoms with van der Waals surface area (Å²) < 4.78 is 0. The van der Waals surface area contributed by atoms with E-state index in [1.54, 1.807) is 6.07 Å². The number of rotatable bonds is 8. The first-order valence-electron chi connectivity index (χ1n) is 6.66. The fraction of sp³-hybridized carbons (Fsp3) is 0.571. The number of aromatic carboxylic acids is 1. The van der Waals surface area contributed by atoms with Crippen LogP contribution in [0.5, 0.6) is 0 Å². The molecular weight excluding hydrogens is 244 g/mol. The molecule has 0 bridgehead atoms. The quantitative estimate of drug-likeness (QED) is 0.750. The van der Waals surface area contributed by atoms with Crippen molar-refractivity contribution >= 4 is 5.97 Å². The van der Waals surface area contributed by atoms with Gasteiger partial charge in [-0.3, -0.25) is 4.90 Å². The average molecular weight is 266 g/mol. The Labute approximate surface area is 113 Å². The van der Waals surface area contributed by atoms with E-state index in [1.165, 1.54) is 6.07 Å². The van der Waals surface area contributed by atoms with Crippen LogP contribution in [-0.4, -0.2) is 45.3 Å². The molecule has 1 rings (SSSR count). The van der Waals surface area contributed by atoms with E-state index in [0.717, 1.165) is 18.5 Å². The number of carboxylic acid groups (broad SMARTS) is 1. The molecule has 5 heteroatoms. The van der Waals surface area contributed by atoms with E-state index >= 15 is 0 Å². The van der Waals surface area contributed by atoms with Crippen molar-refractivity contribution in [1.82, 2.24) is 9.88 Å². The molecule has 0 aliphatic rings. The molecule has 1 aromatic rings. The van der Waals surface area contributed by atoms with E-state index in [4.69, 9.17) is 10.2 Å². The van der Waals surface area contributed by atoms with Crippen molar-refractivity contribution in [1.29, 1.82) is 0 Å². The summed E-state index contributed by atoms with van der Waals surface area (Å²) in [5.41, 5.74) is 0.784. The SMILES string of the molecule is CCC(CC)N(CCO)Cc1cccc(C(=O)O)n1. The van der Waals surface area contributed by atoms with Crippen molar-refractivity contribution < 1.29 is 15.0 Å². The van der Waals surface area contributed by atoms with Crippen LogP contribution in [0.3, 0.4) is 0 Å². The minimum absolute atomic E-state index is 0.0611. The second kappa shape index (κ2) is 7.86. The molecule has 0 amide bonds. The molecule has 1 aromatic heterocycles. The molecule has 0 radical (unpaired) electrons. The molecule has 0 aliphatic carbocycles. The van der Waals surface area contributed by atoms with Crippen molar-refractivity contribution in [2.24, 2.45) is 0 Å². The number of pyridine rings is 1. The Hall–Kier alpha value is -1.46. The Morgan fingerprint density at radius 3 is 2.58 bits per heavy atom. The number of carboxylic acids is 1. The van der Waals surface area contributed by atoms with Gasteiger partial charge in [-0.1, -0.05) is 19.9 Å².